The second-order valence-electron chi connectivity index (χ2n) is 6.30. The lowest BCUT2D eigenvalue weighted by atomic mass is 10.2. The topological polar surface area (TPSA) is 55.8 Å². The highest BCUT2D eigenvalue weighted by Gasteiger charge is 2.30. The fraction of sp³-hybridized carbons (Fsp3) is 0.909. The molecule has 0 amide bonds. The van der Waals surface area contributed by atoms with E-state index in [2.05, 4.69) is 39.3 Å². The van der Waals surface area contributed by atoms with Crippen molar-refractivity contribution in [1.29, 1.82) is 0 Å². The standard InChI is InChI=1S/C11H26O4Si2/c1-9(14-16(2,3)4)10(8-11(12)13)15-17(5,6)7/h9-10H,8H2,1-7H3,(H,12,13). The lowest BCUT2D eigenvalue weighted by Crippen LogP contribution is -2.44. The quantitative estimate of drug-likeness (QED) is 0.728. The zero-order valence-electron chi connectivity index (χ0n) is 12.0. The highest BCUT2D eigenvalue weighted by atomic mass is 28.4. The minimum atomic E-state index is -1.75. The number of carboxylic acids is 1. The highest BCUT2D eigenvalue weighted by Crippen LogP contribution is 2.18. The fourth-order valence-corrected chi connectivity index (χ4v) is 4.01. The van der Waals surface area contributed by atoms with Crippen molar-refractivity contribution in [3.63, 3.8) is 0 Å². The van der Waals surface area contributed by atoms with Crippen LogP contribution in [0, 0.1) is 0 Å². The summed E-state index contributed by atoms with van der Waals surface area (Å²) in [5, 5.41) is 8.92. The molecule has 0 aliphatic carbocycles. The molecule has 0 saturated carbocycles. The van der Waals surface area contributed by atoms with E-state index in [0.29, 0.717) is 0 Å². The first-order chi connectivity index (χ1) is 7.41. The summed E-state index contributed by atoms with van der Waals surface area (Å²) in [5.41, 5.74) is 0. The Morgan fingerprint density at radius 3 is 1.76 bits per heavy atom. The first kappa shape index (κ1) is 16.8. The van der Waals surface area contributed by atoms with Gasteiger partial charge in [0, 0.05) is 0 Å². The van der Waals surface area contributed by atoms with Crippen LogP contribution >= 0.6 is 0 Å². The van der Waals surface area contributed by atoms with E-state index in [0.717, 1.165) is 0 Å². The van der Waals surface area contributed by atoms with Gasteiger partial charge in [0.05, 0.1) is 18.6 Å². The fourth-order valence-electron chi connectivity index (χ4n) is 1.56. The van der Waals surface area contributed by atoms with Crippen LogP contribution in [0.3, 0.4) is 0 Å². The number of hydrogen-bond acceptors (Lipinski definition) is 3. The van der Waals surface area contributed by atoms with Gasteiger partial charge in [-0.25, -0.2) is 0 Å². The molecule has 1 N–H and O–H groups in total. The molecule has 0 saturated heterocycles. The Bertz CT molecular complexity index is 255. The predicted molar refractivity (Wildman–Crippen MR) is 74.4 cm³/mol. The number of hydrogen-bond donors (Lipinski definition) is 1. The molecule has 0 heterocycles. The minimum Gasteiger partial charge on any atom is -0.481 e. The van der Waals surface area contributed by atoms with Crippen molar-refractivity contribution in [2.75, 3.05) is 0 Å². The number of carboxylic acid groups (broad SMARTS) is 1. The average Bonchev–Trinajstić information content (AvgIpc) is 1.95. The molecule has 0 radical (unpaired) electrons. The molecule has 0 spiro atoms. The summed E-state index contributed by atoms with van der Waals surface area (Å²) in [6.07, 6.45) is -0.494. The zero-order chi connectivity index (χ0) is 13.9. The van der Waals surface area contributed by atoms with Crippen LogP contribution < -0.4 is 0 Å². The molecule has 0 aromatic carbocycles. The average molecular weight is 278 g/mol. The molecule has 102 valence electrons. The molecule has 0 aromatic heterocycles. The van der Waals surface area contributed by atoms with E-state index in [1.165, 1.54) is 0 Å². The molecule has 0 bridgehead atoms. The van der Waals surface area contributed by atoms with Crippen LogP contribution in [0.4, 0.5) is 0 Å². The second kappa shape index (κ2) is 6.13. The van der Waals surface area contributed by atoms with Crippen molar-refractivity contribution in [3.8, 4) is 0 Å². The van der Waals surface area contributed by atoms with E-state index in [4.69, 9.17) is 14.0 Å². The van der Waals surface area contributed by atoms with E-state index in [1.807, 2.05) is 6.92 Å². The van der Waals surface area contributed by atoms with Gasteiger partial charge in [0.2, 0.25) is 0 Å². The molecule has 0 aromatic rings. The molecule has 4 nitrogen and oxygen atoms in total. The smallest absolute Gasteiger partial charge is 0.306 e. The SMILES string of the molecule is CC(O[Si](C)(C)C)C(CC(=O)O)O[Si](C)(C)C. The van der Waals surface area contributed by atoms with Crippen LogP contribution in [-0.4, -0.2) is 39.9 Å². The predicted octanol–water partition coefficient (Wildman–Crippen LogP) is 2.92. The molecule has 0 aliphatic heterocycles. The third kappa shape index (κ3) is 9.52. The van der Waals surface area contributed by atoms with Crippen molar-refractivity contribution in [2.24, 2.45) is 0 Å². The van der Waals surface area contributed by atoms with Crippen molar-refractivity contribution in [3.05, 3.63) is 0 Å². The molecule has 2 unspecified atom stereocenters. The second-order valence-corrected chi connectivity index (χ2v) is 15.2. The summed E-state index contributed by atoms with van der Waals surface area (Å²) in [4.78, 5) is 10.9. The summed E-state index contributed by atoms with van der Waals surface area (Å²) in [6.45, 7) is 14.4. The maximum absolute atomic E-state index is 10.9. The molecule has 0 aliphatic rings. The summed E-state index contributed by atoms with van der Waals surface area (Å²) in [5.74, 6) is -0.834. The van der Waals surface area contributed by atoms with Crippen LogP contribution in [0.5, 0.6) is 0 Å². The Kier molecular flexibility index (Phi) is 6.06. The van der Waals surface area contributed by atoms with Gasteiger partial charge in [-0.2, -0.15) is 0 Å². The van der Waals surface area contributed by atoms with Gasteiger partial charge in [0.15, 0.2) is 16.6 Å². The number of rotatable bonds is 7. The Morgan fingerprint density at radius 1 is 1.06 bits per heavy atom. The van der Waals surface area contributed by atoms with Gasteiger partial charge < -0.3 is 14.0 Å². The lowest BCUT2D eigenvalue weighted by Gasteiger charge is -2.33. The third-order valence-electron chi connectivity index (χ3n) is 1.94. The maximum atomic E-state index is 10.9. The van der Waals surface area contributed by atoms with E-state index < -0.39 is 22.6 Å². The lowest BCUT2D eigenvalue weighted by molar-refractivity contribution is -0.140. The molecular weight excluding hydrogens is 252 g/mol. The Hall–Kier alpha value is -0.176. The molecule has 17 heavy (non-hydrogen) atoms. The zero-order valence-corrected chi connectivity index (χ0v) is 14.0. The summed E-state index contributed by atoms with van der Waals surface area (Å²) in [7, 11) is -3.42. The Labute approximate surface area is 107 Å². The molecule has 0 rings (SSSR count). The van der Waals surface area contributed by atoms with Gasteiger partial charge in [-0.3, -0.25) is 4.79 Å². The monoisotopic (exact) mass is 278 g/mol. The van der Waals surface area contributed by atoms with Crippen molar-refractivity contribution >= 4 is 22.6 Å². The third-order valence-corrected chi connectivity index (χ3v) is 4.03. The number of carbonyl (C=O) groups is 1. The van der Waals surface area contributed by atoms with Gasteiger partial charge in [-0.1, -0.05) is 0 Å². The summed E-state index contributed by atoms with van der Waals surface area (Å²) in [6, 6.07) is 0. The molecule has 6 heteroatoms. The van der Waals surface area contributed by atoms with E-state index in [1.54, 1.807) is 0 Å². The van der Waals surface area contributed by atoms with Crippen LogP contribution in [0.15, 0.2) is 0 Å². The molecular formula is C11H26O4Si2. The normalized spacial score (nSPS) is 16.6. The molecule has 0 fully saturated rings. The van der Waals surface area contributed by atoms with Gasteiger partial charge in [0.25, 0.3) is 0 Å². The maximum Gasteiger partial charge on any atom is 0.306 e. The minimum absolute atomic E-state index is 0.00984. The Morgan fingerprint density at radius 2 is 1.47 bits per heavy atom. The van der Waals surface area contributed by atoms with Crippen LogP contribution in [-0.2, 0) is 13.6 Å². The summed E-state index contributed by atoms with van der Waals surface area (Å²) < 4.78 is 11.8. The molecule has 2 atom stereocenters. The first-order valence-electron chi connectivity index (χ1n) is 5.98. The van der Waals surface area contributed by atoms with Crippen molar-refractivity contribution < 1.29 is 18.8 Å². The highest BCUT2D eigenvalue weighted by molar-refractivity contribution is 6.70. The van der Waals surface area contributed by atoms with Gasteiger partial charge in [-0.05, 0) is 46.2 Å². The largest absolute Gasteiger partial charge is 0.481 e. The number of aliphatic carboxylic acids is 1. The first-order valence-corrected chi connectivity index (χ1v) is 12.8. The van der Waals surface area contributed by atoms with Gasteiger partial charge in [-0.15, -0.1) is 0 Å². The van der Waals surface area contributed by atoms with Crippen LogP contribution in [0.1, 0.15) is 13.3 Å². The van der Waals surface area contributed by atoms with Gasteiger partial charge >= 0.3 is 5.97 Å². The van der Waals surface area contributed by atoms with Crippen LogP contribution in [0.2, 0.25) is 39.3 Å². The van der Waals surface area contributed by atoms with E-state index >= 15 is 0 Å². The van der Waals surface area contributed by atoms with Crippen LogP contribution in [0.25, 0.3) is 0 Å². The summed E-state index contributed by atoms with van der Waals surface area (Å²) >= 11 is 0. The van der Waals surface area contributed by atoms with E-state index in [-0.39, 0.29) is 18.6 Å². The van der Waals surface area contributed by atoms with Crippen molar-refractivity contribution in [1.82, 2.24) is 0 Å². The van der Waals surface area contributed by atoms with Gasteiger partial charge in [0.1, 0.15) is 0 Å². The van der Waals surface area contributed by atoms with E-state index in [9.17, 15) is 4.79 Å². The van der Waals surface area contributed by atoms with Crippen molar-refractivity contribution in [2.45, 2.75) is 64.8 Å². The Balaban J connectivity index is 4.62.